The molecule has 2 aromatic rings. The third-order valence-corrected chi connectivity index (χ3v) is 3.53. The highest BCUT2D eigenvalue weighted by Crippen LogP contribution is 2.42. The lowest BCUT2D eigenvalue weighted by molar-refractivity contribution is 0.242. The summed E-state index contributed by atoms with van der Waals surface area (Å²) in [6, 6.07) is 10.4. The van der Waals surface area contributed by atoms with Crippen molar-refractivity contribution in [1.82, 2.24) is 0 Å². The van der Waals surface area contributed by atoms with Crippen molar-refractivity contribution in [2.75, 3.05) is 13.7 Å². The van der Waals surface area contributed by atoms with E-state index in [0.29, 0.717) is 29.2 Å². The molecule has 4 heteroatoms. The maximum atomic E-state index is 14.0. The second-order valence-corrected chi connectivity index (χ2v) is 4.82. The van der Waals surface area contributed by atoms with Crippen LogP contribution in [0.1, 0.15) is 5.56 Å². The van der Waals surface area contributed by atoms with Crippen molar-refractivity contribution in [3.8, 4) is 22.6 Å². The van der Waals surface area contributed by atoms with Gasteiger partial charge in [-0.05, 0) is 18.2 Å². The molecule has 1 heterocycles. The monoisotopic (exact) mass is 273 g/mol. The number of benzene rings is 2. The van der Waals surface area contributed by atoms with E-state index in [1.807, 2.05) is 6.07 Å². The largest absolute Gasteiger partial charge is 0.497 e. The van der Waals surface area contributed by atoms with Gasteiger partial charge in [0.1, 0.15) is 23.4 Å². The van der Waals surface area contributed by atoms with Crippen molar-refractivity contribution in [3.63, 3.8) is 0 Å². The molecule has 0 fully saturated rings. The fourth-order valence-corrected chi connectivity index (χ4v) is 2.53. The van der Waals surface area contributed by atoms with E-state index in [4.69, 9.17) is 15.2 Å². The van der Waals surface area contributed by atoms with Gasteiger partial charge in [-0.1, -0.05) is 18.2 Å². The molecule has 0 aromatic heterocycles. The lowest BCUT2D eigenvalue weighted by Gasteiger charge is -2.13. The molecule has 3 nitrogen and oxygen atoms in total. The molecule has 1 aliphatic rings. The van der Waals surface area contributed by atoms with E-state index in [2.05, 4.69) is 0 Å². The maximum Gasteiger partial charge on any atom is 0.131 e. The highest BCUT2D eigenvalue weighted by Gasteiger charge is 2.26. The second-order valence-electron chi connectivity index (χ2n) is 4.82. The Hall–Kier alpha value is -2.07. The zero-order valence-electron chi connectivity index (χ0n) is 11.2. The van der Waals surface area contributed by atoms with Crippen molar-refractivity contribution < 1.29 is 13.9 Å². The Morgan fingerprint density at radius 2 is 2.10 bits per heavy atom. The van der Waals surface area contributed by atoms with Crippen LogP contribution in [0, 0.1) is 5.82 Å². The summed E-state index contributed by atoms with van der Waals surface area (Å²) in [6.45, 7) is 0.438. The van der Waals surface area contributed by atoms with E-state index >= 15 is 0 Å². The predicted molar refractivity (Wildman–Crippen MR) is 75.6 cm³/mol. The molecule has 0 spiro atoms. The van der Waals surface area contributed by atoms with Gasteiger partial charge in [-0.2, -0.15) is 0 Å². The molecule has 1 atom stereocenters. The summed E-state index contributed by atoms with van der Waals surface area (Å²) >= 11 is 0. The van der Waals surface area contributed by atoms with Gasteiger partial charge in [0.05, 0.1) is 7.11 Å². The second kappa shape index (κ2) is 5.13. The van der Waals surface area contributed by atoms with Crippen LogP contribution in [0.2, 0.25) is 0 Å². The van der Waals surface area contributed by atoms with E-state index in [0.717, 1.165) is 12.0 Å². The van der Waals surface area contributed by atoms with Gasteiger partial charge < -0.3 is 15.2 Å². The predicted octanol–water partition coefficient (Wildman–Crippen LogP) is 2.76. The third-order valence-electron chi connectivity index (χ3n) is 3.53. The Kier molecular flexibility index (Phi) is 3.32. The molecule has 0 saturated heterocycles. The number of rotatable bonds is 3. The Morgan fingerprint density at radius 1 is 1.30 bits per heavy atom. The fourth-order valence-electron chi connectivity index (χ4n) is 2.53. The topological polar surface area (TPSA) is 44.5 Å². The Labute approximate surface area is 117 Å². The maximum absolute atomic E-state index is 14.0. The molecule has 3 rings (SSSR count). The number of methoxy groups -OCH3 is 1. The minimum Gasteiger partial charge on any atom is -0.497 e. The van der Waals surface area contributed by atoms with Gasteiger partial charge in [0.15, 0.2) is 0 Å². The van der Waals surface area contributed by atoms with Crippen LogP contribution in [-0.4, -0.2) is 19.8 Å². The van der Waals surface area contributed by atoms with Crippen molar-refractivity contribution in [2.24, 2.45) is 5.73 Å². The Bertz CT molecular complexity index is 642. The van der Waals surface area contributed by atoms with Crippen LogP contribution in [0.15, 0.2) is 36.4 Å². The molecule has 2 N–H and O–H groups in total. The summed E-state index contributed by atoms with van der Waals surface area (Å²) in [6.07, 6.45) is 0.674. The van der Waals surface area contributed by atoms with Crippen LogP contribution in [0.25, 0.3) is 11.1 Å². The number of nitrogens with two attached hydrogens (primary N) is 1. The minimum atomic E-state index is -0.275. The van der Waals surface area contributed by atoms with Crippen LogP contribution in [-0.2, 0) is 6.42 Å². The molecular weight excluding hydrogens is 257 g/mol. The average Bonchev–Trinajstić information content (AvgIpc) is 2.90. The fraction of sp³-hybridized carbons (Fsp3) is 0.250. The van der Waals surface area contributed by atoms with E-state index in [1.165, 1.54) is 6.07 Å². The van der Waals surface area contributed by atoms with E-state index in [9.17, 15) is 4.39 Å². The zero-order valence-corrected chi connectivity index (χ0v) is 11.2. The zero-order chi connectivity index (χ0) is 14.1. The van der Waals surface area contributed by atoms with Gasteiger partial charge >= 0.3 is 0 Å². The SMILES string of the molecule is COc1cc2c(c(-c3ccccc3F)c1)O[C@@H](CN)C2. The van der Waals surface area contributed by atoms with Crippen LogP contribution < -0.4 is 15.2 Å². The number of hydrogen-bond acceptors (Lipinski definition) is 3. The number of hydrogen-bond donors (Lipinski definition) is 1. The Morgan fingerprint density at radius 3 is 2.80 bits per heavy atom. The first kappa shape index (κ1) is 12.9. The quantitative estimate of drug-likeness (QED) is 0.935. The van der Waals surface area contributed by atoms with Crippen LogP contribution >= 0.6 is 0 Å². The van der Waals surface area contributed by atoms with E-state index in [1.54, 1.807) is 31.4 Å². The van der Waals surface area contributed by atoms with E-state index < -0.39 is 0 Å². The van der Waals surface area contributed by atoms with Crippen molar-refractivity contribution >= 4 is 0 Å². The molecule has 2 aromatic carbocycles. The van der Waals surface area contributed by atoms with Gasteiger partial charge in [-0.15, -0.1) is 0 Å². The molecule has 0 radical (unpaired) electrons. The lowest BCUT2D eigenvalue weighted by Crippen LogP contribution is -2.24. The van der Waals surface area contributed by atoms with Crippen LogP contribution in [0.5, 0.6) is 11.5 Å². The first-order chi connectivity index (χ1) is 9.72. The highest BCUT2D eigenvalue weighted by molar-refractivity contribution is 5.75. The molecule has 0 unspecified atom stereocenters. The van der Waals surface area contributed by atoms with Gasteiger partial charge in [-0.3, -0.25) is 0 Å². The summed E-state index contributed by atoms with van der Waals surface area (Å²) in [5.41, 5.74) is 7.91. The molecule has 0 saturated carbocycles. The van der Waals surface area contributed by atoms with Gasteiger partial charge in [0.25, 0.3) is 0 Å². The average molecular weight is 273 g/mol. The van der Waals surface area contributed by atoms with Gasteiger partial charge in [-0.25, -0.2) is 4.39 Å². The molecule has 0 aliphatic carbocycles. The van der Waals surface area contributed by atoms with Crippen LogP contribution in [0.4, 0.5) is 4.39 Å². The molecule has 0 amide bonds. The molecular formula is C16H16FNO2. The standard InChI is InChI=1S/C16H16FNO2/c1-19-11-6-10-7-12(9-18)20-16(10)14(8-11)13-4-2-3-5-15(13)17/h2-6,8,12H,7,9,18H2,1H3/t12-/m1/s1. The van der Waals surface area contributed by atoms with Crippen molar-refractivity contribution in [1.29, 1.82) is 0 Å². The molecule has 0 bridgehead atoms. The van der Waals surface area contributed by atoms with Crippen molar-refractivity contribution in [2.45, 2.75) is 12.5 Å². The summed E-state index contributed by atoms with van der Waals surface area (Å²) < 4.78 is 25.2. The van der Waals surface area contributed by atoms with Gasteiger partial charge in [0, 0.05) is 29.7 Å². The van der Waals surface area contributed by atoms with Crippen molar-refractivity contribution in [3.05, 3.63) is 47.8 Å². The Balaban J connectivity index is 2.16. The summed E-state index contributed by atoms with van der Waals surface area (Å²) in [4.78, 5) is 0. The summed E-state index contributed by atoms with van der Waals surface area (Å²) in [5, 5.41) is 0. The van der Waals surface area contributed by atoms with E-state index in [-0.39, 0.29) is 11.9 Å². The van der Waals surface area contributed by atoms with Crippen LogP contribution in [0.3, 0.4) is 0 Å². The summed E-state index contributed by atoms with van der Waals surface area (Å²) in [7, 11) is 1.60. The number of halogens is 1. The molecule has 20 heavy (non-hydrogen) atoms. The smallest absolute Gasteiger partial charge is 0.131 e. The highest BCUT2D eigenvalue weighted by atomic mass is 19.1. The lowest BCUT2D eigenvalue weighted by atomic mass is 9.99. The molecule has 1 aliphatic heterocycles. The summed E-state index contributed by atoms with van der Waals surface area (Å²) in [5.74, 6) is 1.14. The number of fused-ring (bicyclic) bond motifs is 1. The molecule has 104 valence electrons. The third kappa shape index (κ3) is 2.12. The first-order valence-electron chi connectivity index (χ1n) is 6.55. The first-order valence-corrected chi connectivity index (χ1v) is 6.55. The minimum absolute atomic E-state index is 0.0531. The van der Waals surface area contributed by atoms with Gasteiger partial charge in [0.2, 0.25) is 0 Å². The number of ether oxygens (including phenoxy) is 2. The normalized spacial score (nSPS) is 16.6.